The Hall–Kier alpha value is -0.0800. The molecule has 2 heteroatoms. The maximum atomic E-state index is 5.02. The molecule has 0 bridgehead atoms. The first-order chi connectivity index (χ1) is 6.67. The van der Waals surface area contributed by atoms with Crippen molar-refractivity contribution in [2.45, 2.75) is 39.5 Å². The smallest absolute Gasteiger partial charge is 0.0587 e. The maximum absolute atomic E-state index is 5.02. The van der Waals surface area contributed by atoms with Crippen LogP contribution in [0.4, 0.5) is 0 Å². The van der Waals surface area contributed by atoms with Gasteiger partial charge >= 0.3 is 0 Å². The molecule has 0 aromatic carbocycles. The molecular weight excluding hydrogens is 174 g/mol. The first-order valence-corrected chi connectivity index (χ1v) is 5.86. The average Bonchev–Trinajstić information content (AvgIpc) is 2.65. The van der Waals surface area contributed by atoms with Gasteiger partial charge in [0.05, 0.1) is 6.61 Å². The van der Waals surface area contributed by atoms with Crippen molar-refractivity contribution in [3.63, 3.8) is 0 Å². The van der Waals surface area contributed by atoms with Crippen LogP contribution in [0.5, 0.6) is 0 Å². The van der Waals surface area contributed by atoms with Crippen molar-refractivity contribution in [1.29, 1.82) is 0 Å². The van der Waals surface area contributed by atoms with Gasteiger partial charge in [0, 0.05) is 20.2 Å². The highest BCUT2D eigenvalue weighted by molar-refractivity contribution is 4.83. The lowest BCUT2D eigenvalue weighted by molar-refractivity contribution is 0.176. The van der Waals surface area contributed by atoms with E-state index in [9.17, 15) is 0 Å². The standard InChI is InChI=1S/C12H25NO/c1-12(2,10-13-8-9-14-3)11-6-4-5-7-11/h11,13H,4-10H2,1-3H3. The molecule has 1 aliphatic carbocycles. The molecule has 0 aromatic heterocycles. The Morgan fingerprint density at radius 2 is 1.93 bits per heavy atom. The summed E-state index contributed by atoms with van der Waals surface area (Å²) in [7, 11) is 1.75. The molecule has 0 amide bonds. The lowest BCUT2D eigenvalue weighted by atomic mass is 9.78. The Labute approximate surface area is 88.4 Å². The summed E-state index contributed by atoms with van der Waals surface area (Å²) >= 11 is 0. The summed E-state index contributed by atoms with van der Waals surface area (Å²) in [6.45, 7) is 7.71. The van der Waals surface area contributed by atoms with Gasteiger partial charge in [0.15, 0.2) is 0 Å². The van der Waals surface area contributed by atoms with Gasteiger partial charge in [-0.25, -0.2) is 0 Å². The van der Waals surface area contributed by atoms with Gasteiger partial charge in [-0.3, -0.25) is 0 Å². The van der Waals surface area contributed by atoms with E-state index in [1.807, 2.05) is 0 Å². The van der Waals surface area contributed by atoms with Crippen molar-refractivity contribution in [1.82, 2.24) is 5.32 Å². The third kappa shape index (κ3) is 3.58. The summed E-state index contributed by atoms with van der Waals surface area (Å²) in [5, 5.41) is 3.48. The summed E-state index contributed by atoms with van der Waals surface area (Å²) in [5.41, 5.74) is 0.463. The Morgan fingerprint density at radius 3 is 2.50 bits per heavy atom. The third-order valence-corrected chi connectivity index (χ3v) is 3.52. The predicted molar refractivity (Wildman–Crippen MR) is 60.5 cm³/mol. The van der Waals surface area contributed by atoms with Crippen LogP contribution < -0.4 is 5.32 Å². The van der Waals surface area contributed by atoms with E-state index in [0.717, 1.165) is 25.6 Å². The van der Waals surface area contributed by atoms with Crippen LogP contribution in [0.3, 0.4) is 0 Å². The van der Waals surface area contributed by atoms with E-state index in [1.165, 1.54) is 25.7 Å². The molecular formula is C12H25NO. The van der Waals surface area contributed by atoms with Crippen LogP contribution in [-0.4, -0.2) is 26.8 Å². The van der Waals surface area contributed by atoms with Crippen molar-refractivity contribution >= 4 is 0 Å². The SMILES string of the molecule is COCCNCC(C)(C)C1CCCC1. The molecule has 0 spiro atoms. The Morgan fingerprint density at radius 1 is 1.29 bits per heavy atom. The van der Waals surface area contributed by atoms with Crippen LogP contribution in [0.15, 0.2) is 0 Å². The van der Waals surface area contributed by atoms with E-state index in [-0.39, 0.29) is 0 Å². The molecule has 14 heavy (non-hydrogen) atoms. The average molecular weight is 199 g/mol. The van der Waals surface area contributed by atoms with Gasteiger partial charge < -0.3 is 10.1 Å². The predicted octanol–water partition coefficient (Wildman–Crippen LogP) is 2.44. The largest absolute Gasteiger partial charge is 0.383 e. The molecule has 1 aliphatic rings. The zero-order valence-electron chi connectivity index (χ0n) is 9.94. The molecule has 0 aromatic rings. The lowest BCUT2D eigenvalue weighted by Gasteiger charge is -2.32. The Balaban J connectivity index is 2.19. The zero-order chi connectivity index (χ0) is 10.4. The minimum atomic E-state index is 0.463. The number of hydrogen-bond donors (Lipinski definition) is 1. The van der Waals surface area contributed by atoms with Crippen LogP contribution in [0, 0.1) is 11.3 Å². The number of rotatable bonds is 6. The molecule has 0 atom stereocenters. The summed E-state index contributed by atoms with van der Waals surface area (Å²) in [5.74, 6) is 0.928. The van der Waals surface area contributed by atoms with Gasteiger partial charge in [0.2, 0.25) is 0 Å². The summed E-state index contributed by atoms with van der Waals surface area (Å²) in [6, 6.07) is 0. The fourth-order valence-corrected chi connectivity index (χ4v) is 2.44. The second kappa shape index (κ2) is 5.72. The summed E-state index contributed by atoms with van der Waals surface area (Å²) < 4.78 is 5.02. The van der Waals surface area contributed by atoms with E-state index >= 15 is 0 Å². The van der Waals surface area contributed by atoms with Crippen molar-refractivity contribution < 1.29 is 4.74 Å². The van der Waals surface area contributed by atoms with Gasteiger partial charge in [-0.2, -0.15) is 0 Å². The first kappa shape index (κ1) is 12.0. The molecule has 1 saturated carbocycles. The molecule has 2 nitrogen and oxygen atoms in total. The molecule has 0 unspecified atom stereocenters. The van der Waals surface area contributed by atoms with Gasteiger partial charge in [-0.05, 0) is 24.2 Å². The fraction of sp³-hybridized carbons (Fsp3) is 1.00. The van der Waals surface area contributed by atoms with Crippen LogP contribution in [0.25, 0.3) is 0 Å². The van der Waals surface area contributed by atoms with Crippen molar-refractivity contribution in [3.8, 4) is 0 Å². The highest BCUT2D eigenvalue weighted by atomic mass is 16.5. The van der Waals surface area contributed by atoms with Gasteiger partial charge in [0.1, 0.15) is 0 Å². The van der Waals surface area contributed by atoms with Gasteiger partial charge in [-0.15, -0.1) is 0 Å². The first-order valence-electron chi connectivity index (χ1n) is 5.86. The molecule has 1 rings (SSSR count). The van der Waals surface area contributed by atoms with Crippen molar-refractivity contribution in [3.05, 3.63) is 0 Å². The van der Waals surface area contributed by atoms with E-state index in [1.54, 1.807) is 7.11 Å². The molecule has 0 radical (unpaired) electrons. The van der Waals surface area contributed by atoms with Crippen LogP contribution in [0.1, 0.15) is 39.5 Å². The minimum Gasteiger partial charge on any atom is -0.383 e. The van der Waals surface area contributed by atoms with Crippen molar-refractivity contribution in [2.75, 3.05) is 26.8 Å². The quantitative estimate of drug-likeness (QED) is 0.663. The number of hydrogen-bond acceptors (Lipinski definition) is 2. The molecule has 0 heterocycles. The number of methoxy groups -OCH3 is 1. The van der Waals surface area contributed by atoms with E-state index in [4.69, 9.17) is 4.74 Å². The van der Waals surface area contributed by atoms with E-state index in [2.05, 4.69) is 19.2 Å². The van der Waals surface area contributed by atoms with Crippen molar-refractivity contribution in [2.24, 2.45) is 11.3 Å². The molecule has 0 aliphatic heterocycles. The van der Waals surface area contributed by atoms with Crippen LogP contribution in [0.2, 0.25) is 0 Å². The molecule has 1 N–H and O–H groups in total. The zero-order valence-corrected chi connectivity index (χ0v) is 9.94. The van der Waals surface area contributed by atoms with E-state index < -0.39 is 0 Å². The minimum absolute atomic E-state index is 0.463. The third-order valence-electron chi connectivity index (χ3n) is 3.52. The lowest BCUT2D eigenvalue weighted by Crippen LogP contribution is -2.36. The molecule has 1 fully saturated rings. The second-order valence-electron chi connectivity index (χ2n) is 5.14. The topological polar surface area (TPSA) is 21.3 Å². The van der Waals surface area contributed by atoms with Gasteiger partial charge in [0.25, 0.3) is 0 Å². The highest BCUT2D eigenvalue weighted by Crippen LogP contribution is 2.38. The Bertz CT molecular complexity index is 150. The van der Waals surface area contributed by atoms with E-state index in [0.29, 0.717) is 5.41 Å². The van der Waals surface area contributed by atoms with Gasteiger partial charge in [-0.1, -0.05) is 26.7 Å². The number of nitrogens with one attached hydrogen (secondary N) is 1. The number of ether oxygens (including phenoxy) is 1. The van der Waals surface area contributed by atoms with Crippen LogP contribution in [-0.2, 0) is 4.74 Å². The van der Waals surface area contributed by atoms with Crippen LogP contribution >= 0.6 is 0 Å². The fourth-order valence-electron chi connectivity index (χ4n) is 2.44. The Kier molecular flexibility index (Phi) is 4.90. The highest BCUT2D eigenvalue weighted by Gasteiger charge is 2.31. The second-order valence-corrected chi connectivity index (χ2v) is 5.14. The monoisotopic (exact) mass is 199 g/mol. The normalized spacial score (nSPS) is 19.1. The summed E-state index contributed by atoms with van der Waals surface area (Å²) in [6.07, 6.45) is 5.73. The molecule has 0 saturated heterocycles. The summed E-state index contributed by atoms with van der Waals surface area (Å²) in [4.78, 5) is 0. The molecule has 84 valence electrons. The maximum Gasteiger partial charge on any atom is 0.0587 e.